The van der Waals surface area contributed by atoms with Gasteiger partial charge in [0.2, 0.25) is 0 Å². The number of halogens is 1. The lowest BCUT2D eigenvalue weighted by Gasteiger charge is -2.00. The Morgan fingerprint density at radius 1 is 1.55 bits per heavy atom. The summed E-state index contributed by atoms with van der Waals surface area (Å²) in [6.45, 7) is 1.51. The van der Waals surface area contributed by atoms with Crippen molar-refractivity contribution >= 4 is 34.1 Å². The van der Waals surface area contributed by atoms with Crippen molar-refractivity contribution in [1.82, 2.24) is 0 Å². The number of rotatable bonds is 1. The average Bonchev–Trinajstić information content (AvgIpc) is 1.85. The van der Waals surface area contributed by atoms with Crippen molar-refractivity contribution in [2.24, 2.45) is 0 Å². The third-order valence-electron chi connectivity index (χ3n) is 1.39. The largest absolute Gasteiger partial charge is 0.398 e. The van der Waals surface area contributed by atoms with Crippen LogP contribution in [0.15, 0.2) is 18.2 Å². The van der Waals surface area contributed by atoms with E-state index in [0.29, 0.717) is 11.3 Å². The Balaban J connectivity index is 3.20. The molecule has 0 aromatic heterocycles. The molecule has 2 nitrogen and oxygen atoms in total. The molecule has 0 atom stereocenters. The van der Waals surface area contributed by atoms with Gasteiger partial charge in [-0.1, -0.05) is 0 Å². The van der Waals surface area contributed by atoms with Crippen molar-refractivity contribution in [3.63, 3.8) is 0 Å². The molecule has 1 aromatic rings. The van der Waals surface area contributed by atoms with E-state index in [4.69, 9.17) is 5.73 Å². The maximum absolute atomic E-state index is 10.9. The molecule has 0 aliphatic carbocycles. The molecule has 0 heterocycles. The molecule has 11 heavy (non-hydrogen) atoms. The lowest BCUT2D eigenvalue weighted by atomic mass is 10.1. The van der Waals surface area contributed by atoms with Crippen LogP contribution < -0.4 is 5.73 Å². The second kappa shape index (κ2) is 3.21. The number of carbonyl (C=O) groups excluding carboxylic acids is 1. The number of nitrogen functional groups attached to an aromatic ring is 1. The van der Waals surface area contributed by atoms with E-state index in [1.807, 2.05) is 6.07 Å². The maximum Gasteiger partial charge on any atom is 0.161 e. The van der Waals surface area contributed by atoms with E-state index < -0.39 is 0 Å². The Bertz CT molecular complexity index is 296. The van der Waals surface area contributed by atoms with Crippen LogP contribution in [0.25, 0.3) is 0 Å². The molecule has 58 valence electrons. The normalized spacial score (nSPS) is 9.64. The molecule has 0 bridgehead atoms. The van der Waals surface area contributed by atoms with Gasteiger partial charge in [0.25, 0.3) is 0 Å². The summed E-state index contributed by atoms with van der Waals surface area (Å²) < 4.78 is 1.05. The highest BCUT2D eigenvalue weighted by molar-refractivity contribution is 14.1. The minimum atomic E-state index is 0.0129. The van der Waals surface area contributed by atoms with Gasteiger partial charge in [-0.2, -0.15) is 0 Å². The van der Waals surface area contributed by atoms with Crippen LogP contribution in [0.3, 0.4) is 0 Å². The van der Waals surface area contributed by atoms with Gasteiger partial charge in [0.05, 0.1) is 0 Å². The molecule has 0 unspecified atom stereocenters. The van der Waals surface area contributed by atoms with Gasteiger partial charge in [0.15, 0.2) is 5.78 Å². The van der Waals surface area contributed by atoms with Crippen molar-refractivity contribution in [2.45, 2.75) is 6.92 Å². The standard InChI is InChI=1S/C8H8INO/c1-5(11)7-3-2-6(9)4-8(7)10/h2-4H,10H2,1H3. The van der Waals surface area contributed by atoms with Gasteiger partial charge in [-0.05, 0) is 47.7 Å². The smallest absolute Gasteiger partial charge is 0.161 e. The predicted molar refractivity (Wildman–Crippen MR) is 53.6 cm³/mol. The predicted octanol–water partition coefficient (Wildman–Crippen LogP) is 2.08. The second-order valence-electron chi connectivity index (χ2n) is 2.29. The van der Waals surface area contributed by atoms with Crippen molar-refractivity contribution in [3.8, 4) is 0 Å². The number of nitrogens with two attached hydrogens (primary N) is 1. The first-order valence-electron chi connectivity index (χ1n) is 3.17. The Labute approximate surface area is 78.9 Å². The SMILES string of the molecule is CC(=O)c1ccc(I)cc1N. The molecule has 0 aliphatic rings. The first-order chi connectivity index (χ1) is 5.11. The third kappa shape index (κ3) is 1.92. The zero-order valence-electron chi connectivity index (χ0n) is 6.10. The number of hydrogen-bond donors (Lipinski definition) is 1. The third-order valence-corrected chi connectivity index (χ3v) is 2.06. The average molecular weight is 261 g/mol. The first kappa shape index (κ1) is 8.52. The highest BCUT2D eigenvalue weighted by Crippen LogP contribution is 2.15. The molecular weight excluding hydrogens is 253 g/mol. The minimum absolute atomic E-state index is 0.0129. The summed E-state index contributed by atoms with van der Waals surface area (Å²) in [6.07, 6.45) is 0. The summed E-state index contributed by atoms with van der Waals surface area (Å²) in [5.74, 6) is 0.0129. The van der Waals surface area contributed by atoms with Crippen LogP contribution in [-0.2, 0) is 0 Å². The van der Waals surface area contributed by atoms with Crippen LogP contribution in [0.2, 0.25) is 0 Å². The Kier molecular flexibility index (Phi) is 2.49. The van der Waals surface area contributed by atoms with Gasteiger partial charge >= 0.3 is 0 Å². The highest BCUT2D eigenvalue weighted by Gasteiger charge is 2.03. The minimum Gasteiger partial charge on any atom is -0.398 e. The molecule has 0 amide bonds. The van der Waals surface area contributed by atoms with E-state index in [1.165, 1.54) is 6.92 Å². The molecule has 0 saturated carbocycles. The lowest BCUT2D eigenvalue weighted by Crippen LogP contribution is -1.99. The molecule has 0 spiro atoms. The first-order valence-corrected chi connectivity index (χ1v) is 4.25. The number of Topliss-reactive ketones (excluding diaryl/α,β-unsaturated/α-hetero) is 1. The van der Waals surface area contributed by atoms with Gasteiger partial charge in [0.1, 0.15) is 0 Å². The Morgan fingerprint density at radius 2 is 2.18 bits per heavy atom. The summed E-state index contributed by atoms with van der Waals surface area (Å²) in [5.41, 5.74) is 6.76. The fraction of sp³-hybridized carbons (Fsp3) is 0.125. The fourth-order valence-corrected chi connectivity index (χ4v) is 1.37. The molecule has 0 aliphatic heterocycles. The van der Waals surface area contributed by atoms with Crippen molar-refractivity contribution in [3.05, 3.63) is 27.3 Å². The topological polar surface area (TPSA) is 43.1 Å². The quantitative estimate of drug-likeness (QED) is 0.477. The summed E-state index contributed by atoms with van der Waals surface area (Å²) in [5, 5.41) is 0. The lowest BCUT2D eigenvalue weighted by molar-refractivity contribution is 0.101. The van der Waals surface area contributed by atoms with E-state index in [0.717, 1.165) is 3.57 Å². The summed E-state index contributed by atoms with van der Waals surface area (Å²) >= 11 is 2.15. The zero-order chi connectivity index (χ0) is 8.43. The molecule has 1 rings (SSSR count). The molecule has 2 N–H and O–H groups in total. The summed E-state index contributed by atoms with van der Waals surface area (Å²) in [7, 11) is 0. The van der Waals surface area contributed by atoms with E-state index in [1.54, 1.807) is 12.1 Å². The number of hydrogen-bond acceptors (Lipinski definition) is 2. The van der Waals surface area contributed by atoms with Gasteiger partial charge in [-0.3, -0.25) is 4.79 Å². The van der Waals surface area contributed by atoms with Crippen molar-refractivity contribution < 1.29 is 4.79 Å². The monoisotopic (exact) mass is 261 g/mol. The van der Waals surface area contributed by atoms with E-state index >= 15 is 0 Å². The van der Waals surface area contributed by atoms with Crippen LogP contribution in [0.5, 0.6) is 0 Å². The fourth-order valence-electron chi connectivity index (χ4n) is 0.854. The molecule has 3 heteroatoms. The van der Waals surface area contributed by atoms with Gasteiger partial charge in [-0.15, -0.1) is 0 Å². The van der Waals surface area contributed by atoms with Crippen LogP contribution in [-0.4, -0.2) is 5.78 Å². The van der Waals surface area contributed by atoms with Crippen LogP contribution in [0.1, 0.15) is 17.3 Å². The van der Waals surface area contributed by atoms with Gasteiger partial charge in [0, 0.05) is 14.8 Å². The summed E-state index contributed by atoms with van der Waals surface area (Å²) in [4.78, 5) is 10.9. The molecule has 1 aromatic carbocycles. The maximum atomic E-state index is 10.9. The van der Waals surface area contributed by atoms with E-state index in [9.17, 15) is 4.79 Å². The molecule has 0 fully saturated rings. The number of anilines is 1. The van der Waals surface area contributed by atoms with Crippen molar-refractivity contribution in [2.75, 3.05) is 5.73 Å². The highest BCUT2D eigenvalue weighted by atomic mass is 127. The van der Waals surface area contributed by atoms with Gasteiger partial charge in [-0.25, -0.2) is 0 Å². The Hall–Kier alpha value is -0.580. The number of ketones is 1. The Morgan fingerprint density at radius 3 is 2.64 bits per heavy atom. The zero-order valence-corrected chi connectivity index (χ0v) is 8.25. The number of benzene rings is 1. The molecule has 0 saturated heterocycles. The summed E-state index contributed by atoms with van der Waals surface area (Å²) in [6, 6.07) is 5.41. The van der Waals surface area contributed by atoms with E-state index in [2.05, 4.69) is 22.6 Å². The van der Waals surface area contributed by atoms with Crippen LogP contribution >= 0.6 is 22.6 Å². The van der Waals surface area contributed by atoms with Crippen molar-refractivity contribution in [1.29, 1.82) is 0 Å². The second-order valence-corrected chi connectivity index (χ2v) is 3.53. The molecule has 0 radical (unpaired) electrons. The van der Waals surface area contributed by atoms with Crippen LogP contribution in [0, 0.1) is 3.57 Å². The van der Waals surface area contributed by atoms with Crippen LogP contribution in [0.4, 0.5) is 5.69 Å². The molecular formula is C8H8INO. The van der Waals surface area contributed by atoms with Gasteiger partial charge < -0.3 is 5.73 Å². The number of carbonyl (C=O) groups is 1. The van der Waals surface area contributed by atoms with E-state index in [-0.39, 0.29) is 5.78 Å².